The summed E-state index contributed by atoms with van der Waals surface area (Å²) in [4.78, 5) is 0. The van der Waals surface area contributed by atoms with Gasteiger partial charge in [0.25, 0.3) is 0 Å². The van der Waals surface area contributed by atoms with E-state index in [0.29, 0.717) is 0 Å². The van der Waals surface area contributed by atoms with Gasteiger partial charge in [-0.05, 0) is 43.9 Å². The Morgan fingerprint density at radius 1 is 1.25 bits per heavy atom. The number of alkyl halides is 3. The highest BCUT2D eigenvalue weighted by molar-refractivity contribution is 5.41. The molecule has 0 bridgehead atoms. The van der Waals surface area contributed by atoms with Crippen molar-refractivity contribution in [3.05, 3.63) is 29.3 Å². The minimum atomic E-state index is -4.16. The van der Waals surface area contributed by atoms with E-state index >= 15 is 0 Å². The number of fused-ring (bicyclic) bond motifs is 1. The molecule has 1 heterocycles. The molecule has 0 unspecified atom stereocenters. The maximum atomic E-state index is 12.8. The molecule has 110 valence electrons. The maximum Gasteiger partial charge on any atom is 0.406 e. The van der Waals surface area contributed by atoms with E-state index in [1.807, 2.05) is 32.0 Å². The Hall–Kier alpha value is -1.23. The molecular formula is C15H18F3NO. The van der Waals surface area contributed by atoms with Gasteiger partial charge in [0.1, 0.15) is 16.9 Å². The van der Waals surface area contributed by atoms with Gasteiger partial charge in [0, 0.05) is 13.0 Å². The Bertz CT molecular complexity index is 532. The van der Waals surface area contributed by atoms with E-state index in [-0.39, 0.29) is 25.0 Å². The van der Waals surface area contributed by atoms with Crippen LogP contribution in [-0.2, 0) is 13.0 Å². The molecule has 1 aliphatic heterocycles. The van der Waals surface area contributed by atoms with E-state index in [0.717, 1.165) is 23.3 Å². The molecule has 1 aliphatic carbocycles. The Balaban J connectivity index is 1.69. The van der Waals surface area contributed by atoms with E-state index < -0.39 is 11.7 Å². The largest absolute Gasteiger partial charge is 0.487 e. The first-order chi connectivity index (χ1) is 9.21. The van der Waals surface area contributed by atoms with Gasteiger partial charge in [-0.1, -0.05) is 12.1 Å². The Labute approximate surface area is 116 Å². The fraction of sp³-hybridized carbons (Fsp3) is 0.600. The van der Waals surface area contributed by atoms with E-state index in [4.69, 9.17) is 4.74 Å². The van der Waals surface area contributed by atoms with Crippen LogP contribution in [0.5, 0.6) is 5.75 Å². The summed E-state index contributed by atoms with van der Waals surface area (Å²) >= 11 is 0. The first-order valence-electron chi connectivity index (χ1n) is 6.83. The summed E-state index contributed by atoms with van der Waals surface area (Å²) in [7, 11) is 0. The van der Waals surface area contributed by atoms with Gasteiger partial charge >= 0.3 is 6.18 Å². The van der Waals surface area contributed by atoms with E-state index in [2.05, 4.69) is 5.32 Å². The van der Waals surface area contributed by atoms with Gasteiger partial charge in [0.2, 0.25) is 0 Å². The fourth-order valence-corrected chi connectivity index (χ4v) is 2.73. The molecule has 0 saturated heterocycles. The third-order valence-corrected chi connectivity index (χ3v) is 4.05. The highest BCUT2D eigenvalue weighted by atomic mass is 19.4. The van der Waals surface area contributed by atoms with E-state index in [1.54, 1.807) is 0 Å². The summed E-state index contributed by atoms with van der Waals surface area (Å²) in [6.07, 6.45) is -3.01. The number of halogens is 3. The zero-order valence-corrected chi connectivity index (χ0v) is 11.6. The van der Waals surface area contributed by atoms with Crippen LogP contribution in [0.2, 0.25) is 0 Å². The van der Waals surface area contributed by atoms with Crippen molar-refractivity contribution in [2.45, 2.75) is 57.0 Å². The molecule has 20 heavy (non-hydrogen) atoms. The maximum absolute atomic E-state index is 12.8. The van der Waals surface area contributed by atoms with E-state index in [9.17, 15) is 13.2 Å². The second-order valence-corrected chi connectivity index (χ2v) is 6.41. The van der Waals surface area contributed by atoms with Crippen LogP contribution in [0.4, 0.5) is 13.2 Å². The summed E-state index contributed by atoms with van der Waals surface area (Å²) < 4.78 is 44.3. The van der Waals surface area contributed by atoms with Crippen LogP contribution in [0.15, 0.2) is 18.2 Å². The molecule has 0 amide bonds. The van der Waals surface area contributed by atoms with Crippen LogP contribution >= 0.6 is 0 Å². The Morgan fingerprint density at radius 2 is 1.95 bits per heavy atom. The molecule has 1 aromatic rings. The molecule has 0 aromatic heterocycles. The zero-order chi connectivity index (χ0) is 14.6. The lowest BCUT2D eigenvalue weighted by atomic mass is 10.00. The first kappa shape index (κ1) is 13.7. The molecule has 2 aliphatic rings. The number of benzene rings is 1. The molecule has 1 N–H and O–H groups in total. The quantitative estimate of drug-likeness (QED) is 0.916. The van der Waals surface area contributed by atoms with Crippen molar-refractivity contribution in [2.24, 2.45) is 0 Å². The number of hydrogen-bond acceptors (Lipinski definition) is 2. The molecule has 0 radical (unpaired) electrons. The molecule has 1 saturated carbocycles. The third-order valence-electron chi connectivity index (χ3n) is 4.05. The van der Waals surface area contributed by atoms with Crippen molar-refractivity contribution < 1.29 is 17.9 Å². The summed E-state index contributed by atoms with van der Waals surface area (Å²) in [5.74, 6) is 0.843. The summed E-state index contributed by atoms with van der Waals surface area (Å²) in [5, 5.41) is 2.67. The number of nitrogens with one attached hydrogen (secondary N) is 1. The highest BCUT2D eigenvalue weighted by Crippen LogP contribution is 2.49. The summed E-state index contributed by atoms with van der Waals surface area (Å²) in [6, 6.07) is 5.64. The van der Waals surface area contributed by atoms with Crippen molar-refractivity contribution in [1.82, 2.24) is 5.32 Å². The number of hydrogen-bond donors (Lipinski definition) is 1. The summed E-state index contributed by atoms with van der Waals surface area (Å²) in [6.45, 7) is 4.26. The predicted octanol–water partition coefficient (Wildman–Crippen LogP) is 3.58. The second-order valence-electron chi connectivity index (χ2n) is 6.41. The summed E-state index contributed by atoms with van der Waals surface area (Å²) in [5.41, 5.74) is 0.0755. The van der Waals surface area contributed by atoms with Crippen LogP contribution in [0.25, 0.3) is 0 Å². The average Bonchev–Trinajstić information content (AvgIpc) is 3.03. The average molecular weight is 285 g/mol. The van der Waals surface area contributed by atoms with Crippen molar-refractivity contribution in [3.8, 4) is 5.75 Å². The zero-order valence-electron chi connectivity index (χ0n) is 11.6. The van der Waals surface area contributed by atoms with Crippen LogP contribution in [-0.4, -0.2) is 17.3 Å². The molecule has 1 fully saturated rings. The van der Waals surface area contributed by atoms with Gasteiger partial charge in [-0.25, -0.2) is 0 Å². The van der Waals surface area contributed by atoms with Crippen LogP contribution in [0.3, 0.4) is 0 Å². The molecule has 1 aromatic carbocycles. The second kappa shape index (κ2) is 4.13. The molecule has 5 heteroatoms. The normalized spacial score (nSPS) is 22.2. The minimum Gasteiger partial charge on any atom is -0.487 e. The number of ether oxygens (including phenoxy) is 1. The molecular weight excluding hydrogens is 267 g/mol. The standard InChI is InChI=1S/C15H18F3NO/c1-13(2)8-11-7-10(3-4-12(11)20-13)9-19-14(5-6-14)15(16,17)18/h3-4,7,19H,5-6,8-9H2,1-2H3. The van der Waals surface area contributed by atoms with Gasteiger partial charge in [-0.15, -0.1) is 0 Å². The lowest BCUT2D eigenvalue weighted by molar-refractivity contribution is -0.166. The predicted molar refractivity (Wildman–Crippen MR) is 69.7 cm³/mol. The van der Waals surface area contributed by atoms with Crippen LogP contribution in [0, 0.1) is 0 Å². The third kappa shape index (κ3) is 2.39. The molecule has 0 atom stereocenters. The van der Waals surface area contributed by atoms with Gasteiger partial charge in [-0.3, -0.25) is 5.32 Å². The van der Waals surface area contributed by atoms with Gasteiger partial charge in [0.15, 0.2) is 0 Å². The van der Waals surface area contributed by atoms with Crippen molar-refractivity contribution >= 4 is 0 Å². The minimum absolute atomic E-state index is 0.178. The first-order valence-corrected chi connectivity index (χ1v) is 6.83. The Morgan fingerprint density at radius 3 is 2.55 bits per heavy atom. The van der Waals surface area contributed by atoms with Gasteiger partial charge in [0.05, 0.1) is 0 Å². The lowest BCUT2D eigenvalue weighted by Gasteiger charge is -2.20. The smallest absolute Gasteiger partial charge is 0.406 e. The van der Waals surface area contributed by atoms with E-state index in [1.165, 1.54) is 0 Å². The van der Waals surface area contributed by atoms with Crippen molar-refractivity contribution in [2.75, 3.05) is 0 Å². The van der Waals surface area contributed by atoms with Gasteiger partial charge in [-0.2, -0.15) is 13.2 Å². The molecule has 3 rings (SSSR count). The molecule has 0 spiro atoms. The van der Waals surface area contributed by atoms with Gasteiger partial charge < -0.3 is 4.74 Å². The topological polar surface area (TPSA) is 21.3 Å². The van der Waals surface area contributed by atoms with Crippen molar-refractivity contribution in [3.63, 3.8) is 0 Å². The Kier molecular flexibility index (Phi) is 2.84. The highest BCUT2D eigenvalue weighted by Gasteiger charge is 2.62. The monoisotopic (exact) mass is 285 g/mol. The van der Waals surface area contributed by atoms with Crippen molar-refractivity contribution in [1.29, 1.82) is 0 Å². The number of rotatable bonds is 3. The fourth-order valence-electron chi connectivity index (χ4n) is 2.73. The van der Waals surface area contributed by atoms with Crippen LogP contribution < -0.4 is 10.1 Å². The lowest BCUT2D eigenvalue weighted by Crippen LogP contribution is -2.44. The van der Waals surface area contributed by atoms with Crippen LogP contribution in [0.1, 0.15) is 37.8 Å². The molecule has 2 nitrogen and oxygen atoms in total. The SMILES string of the molecule is CC1(C)Cc2cc(CNC3(C(F)(F)F)CC3)ccc2O1.